The fraction of sp³-hybridized carbons (Fsp3) is 0.600. The molecule has 0 radical (unpaired) electrons. The second-order valence-electron chi connectivity index (χ2n) is 5.91. The summed E-state index contributed by atoms with van der Waals surface area (Å²) in [4.78, 5) is 19.4. The van der Waals surface area contributed by atoms with Crippen molar-refractivity contribution in [2.24, 2.45) is 0 Å². The van der Waals surface area contributed by atoms with Crippen molar-refractivity contribution in [2.45, 2.75) is 20.4 Å². The Hall–Kier alpha value is -1.33. The van der Waals surface area contributed by atoms with Crippen LogP contribution in [0, 0.1) is 0 Å². The van der Waals surface area contributed by atoms with Crippen LogP contribution in [-0.4, -0.2) is 70.6 Å². The Balaban J connectivity index is 1.65. The molecule has 2 aromatic rings. The summed E-state index contributed by atoms with van der Waals surface area (Å²) in [5, 5.41) is 1.84. The molecule has 0 aromatic carbocycles. The average molecular weight is 386 g/mol. The predicted molar refractivity (Wildman–Crippen MR) is 98.0 cm³/mol. The highest BCUT2D eigenvalue weighted by Crippen LogP contribution is 2.14. The molecule has 8 nitrogen and oxygen atoms in total. The van der Waals surface area contributed by atoms with Crippen LogP contribution in [0.3, 0.4) is 0 Å². The van der Waals surface area contributed by atoms with Gasteiger partial charge in [-0.3, -0.25) is 14.1 Å². The van der Waals surface area contributed by atoms with Crippen LogP contribution in [0.25, 0.3) is 4.96 Å². The third kappa shape index (κ3) is 3.77. The van der Waals surface area contributed by atoms with Gasteiger partial charge in [0.05, 0.1) is 5.69 Å². The van der Waals surface area contributed by atoms with Crippen LogP contribution >= 0.6 is 11.3 Å². The largest absolute Gasteiger partial charge is 0.295 e. The van der Waals surface area contributed by atoms with E-state index in [0.717, 1.165) is 5.69 Å². The van der Waals surface area contributed by atoms with E-state index in [4.69, 9.17) is 0 Å². The first-order valence-corrected chi connectivity index (χ1v) is 10.7. The number of hydrogen-bond acceptors (Lipinski definition) is 6. The highest BCUT2D eigenvalue weighted by Gasteiger charge is 2.30. The summed E-state index contributed by atoms with van der Waals surface area (Å²) in [5.41, 5.74) is 0.650. The van der Waals surface area contributed by atoms with Crippen molar-refractivity contribution < 1.29 is 8.42 Å². The van der Waals surface area contributed by atoms with Crippen molar-refractivity contribution >= 4 is 26.5 Å². The van der Waals surface area contributed by atoms with E-state index in [1.807, 2.05) is 19.2 Å². The first kappa shape index (κ1) is 18.5. The van der Waals surface area contributed by atoms with Gasteiger partial charge in [0, 0.05) is 63.5 Å². The monoisotopic (exact) mass is 385 g/mol. The van der Waals surface area contributed by atoms with Gasteiger partial charge in [0.15, 0.2) is 4.96 Å². The molecule has 1 aliphatic heterocycles. The highest BCUT2D eigenvalue weighted by atomic mass is 32.2. The molecule has 0 spiro atoms. The second-order valence-corrected chi connectivity index (χ2v) is 8.71. The fourth-order valence-corrected chi connectivity index (χ4v) is 5.37. The summed E-state index contributed by atoms with van der Waals surface area (Å²) in [6.45, 7) is 7.39. The van der Waals surface area contributed by atoms with Crippen LogP contribution < -0.4 is 5.56 Å². The van der Waals surface area contributed by atoms with Crippen molar-refractivity contribution in [3.05, 3.63) is 33.7 Å². The standard InChI is InChI=1S/C15H23N5O3S2/c1-3-18(4-2)25(22,23)19-7-5-17(6-8-19)12-13-11-14(21)20-9-10-24-15(20)16-13/h9-11H,3-8,12H2,1-2H3. The molecule has 0 atom stereocenters. The number of thiazole rings is 1. The number of aromatic nitrogens is 2. The van der Waals surface area contributed by atoms with Gasteiger partial charge in [0.2, 0.25) is 0 Å². The lowest BCUT2D eigenvalue weighted by molar-refractivity contribution is 0.174. The normalized spacial score (nSPS) is 17.6. The molecule has 25 heavy (non-hydrogen) atoms. The fourth-order valence-electron chi connectivity index (χ4n) is 3.03. The minimum atomic E-state index is -3.38. The van der Waals surface area contributed by atoms with Gasteiger partial charge in [-0.15, -0.1) is 11.3 Å². The first-order chi connectivity index (χ1) is 12.0. The van der Waals surface area contributed by atoms with Crippen molar-refractivity contribution in [2.75, 3.05) is 39.3 Å². The molecule has 0 amide bonds. The molecular weight excluding hydrogens is 362 g/mol. The van der Waals surface area contributed by atoms with Gasteiger partial charge in [-0.2, -0.15) is 17.0 Å². The summed E-state index contributed by atoms with van der Waals surface area (Å²) in [7, 11) is -3.38. The van der Waals surface area contributed by atoms with E-state index >= 15 is 0 Å². The summed E-state index contributed by atoms with van der Waals surface area (Å²) >= 11 is 1.43. The highest BCUT2D eigenvalue weighted by molar-refractivity contribution is 7.86. The minimum absolute atomic E-state index is 0.0796. The molecule has 0 unspecified atom stereocenters. The summed E-state index contributed by atoms with van der Waals surface area (Å²) in [6, 6.07) is 1.55. The van der Waals surface area contributed by atoms with E-state index in [1.165, 1.54) is 20.0 Å². The van der Waals surface area contributed by atoms with E-state index in [9.17, 15) is 13.2 Å². The predicted octanol–water partition coefficient (Wildman–Crippen LogP) is 0.460. The molecule has 1 saturated heterocycles. The number of hydrogen-bond donors (Lipinski definition) is 0. The van der Waals surface area contributed by atoms with E-state index in [2.05, 4.69) is 9.88 Å². The number of nitrogens with zero attached hydrogens (tertiary/aromatic N) is 5. The molecular formula is C15H23N5O3S2. The van der Waals surface area contributed by atoms with Crippen molar-refractivity contribution in [1.82, 2.24) is 22.9 Å². The Morgan fingerprint density at radius 2 is 1.88 bits per heavy atom. The SMILES string of the molecule is CCN(CC)S(=O)(=O)N1CCN(Cc2cc(=O)n3ccsc3n2)CC1. The zero-order valence-corrected chi connectivity index (χ0v) is 16.1. The van der Waals surface area contributed by atoms with Gasteiger partial charge >= 0.3 is 0 Å². The van der Waals surface area contributed by atoms with Gasteiger partial charge in [-0.25, -0.2) is 4.98 Å². The van der Waals surface area contributed by atoms with Crippen molar-refractivity contribution in [3.63, 3.8) is 0 Å². The van der Waals surface area contributed by atoms with Crippen LogP contribution in [0.5, 0.6) is 0 Å². The maximum Gasteiger partial charge on any atom is 0.282 e. The van der Waals surface area contributed by atoms with Gasteiger partial charge in [-0.1, -0.05) is 13.8 Å². The number of rotatable bonds is 6. The molecule has 1 aliphatic rings. The molecule has 3 heterocycles. The zero-order chi connectivity index (χ0) is 18.0. The molecule has 2 aromatic heterocycles. The van der Waals surface area contributed by atoms with Gasteiger partial charge in [0.1, 0.15) is 0 Å². The quantitative estimate of drug-likeness (QED) is 0.722. The summed E-state index contributed by atoms with van der Waals surface area (Å²) in [6.07, 6.45) is 1.72. The Morgan fingerprint density at radius 3 is 2.52 bits per heavy atom. The number of piperazine rings is 1. The van der Waals surface area contributed by atoms with Crippen LogP contribution in [0.2, 0.25) is 0 Å². The van der Waals surface area contributed by atoms with Gasteiger partial charge in [-0.05, 0) is 0 Å². The molecule has 0 bridgehead atoms. The van der Waals surface area contributed by atoms with E-state index in [1.54, 1.807) is 16.6 Å². The molecule has 3 rings (SSSR count). The van der Waals surface area contributed by atoms with E-state index in [0.29, 0.717) is 50.8 Å². The molecule has 0 aliphatic carbocycles. The summed E-state index contributed by atoms with van der Waals surface area (Å²) in [5.74, 6) is 0. The average Bonchev–Trinajstić information content (AvgIpc) is 3.05. The lowest BCUT2D eigenvalue weighted by Crippen LogP contribution is -2.52. The van der Waals surface area contributed by atoms with Crippen LogP contribution in [0.1, 0.15) is 19.5 Å². The maximum absolute atomic E-state index is 12.6. The molecule has 138 valence electrons. The van der Waals surface area contributed by atoms with Gasteiger partial charge < -0.3 is 0 Å². The lowest BCUT2D eigenvalue weighted by atomic mass is 10.3. The minimum Gasteiger partial charge on any atom is -0.295 e. The van der Waals surface area contributed by atoms with Crippen LogP contribution in [0.15, 0.2) is 22.4 Å². The summed E-state index contributed by atoms with van der Waals surface area (Å²) < 4.78 is 29.7. The Morgan fingerprint density at radius 1 is 1.20 bits per heavy atom. The Kier molecular flexibility index (Phi) is 5.54. The molecule has 0 N–H and O–H groups in total. The third-order valence-electron chi connectivity index (χ3n) is 4.43. The van der Waals surface area contributed by atoms with Crippen molar-refractivity contribution in [1.29, 1.82) is 0 Å². The third-order valence-corrected chi connectivity index (χ3v) is 7.37. The smallest absolute Gasteiger partial charge is 0.282 e. The Labute approximate surface area is 151 Å². The first-order valence-electron chi connectivity index (χ1n) is 8.39. The van der Waals surface area contributed by atoms with E-state index in [-0.39, 0.29) is 5.56 Å². The zero-order valence-electron chi connectivity index (χ0n) is 14.5. The second kappa shape index (κ2) is 7.50. The van der Waals surface area contributed by atoms with Gasteiger partial charge in [0.25, 0.3) is 15.8 Å². The van der Waals surface area contributed by atoms with Crippen LogP contribution in [-0.2, 0) is 16.8 Å². The topological polar surface area (TPSA) is 78.2 Å². The number of fused-ring (bicyclic) bond motifs is 1. The molecule has 0 saturated carbocycles. The lowest BCUT2D eigenvalue weighted by Gasteiger charge is -2.36. The maximum atomic E-state index is 12.6. The Bertz CT molecular complexity index is 880. The van der Waals surface area contributed by atoms with E-state index < -0.39 is 10.2 Å². The van der Waals surface area contributed by atoms with Crippen molar-refractivity contribution in [3.8, 4) is 0 Å². The molecule has 1 fully saturated rings. The molecule has 10 heteroatoms. The van der Waals surface area contributed by atoms with Crippen LogP contribution in [0.4, 0.5) is 0 Å².